The molecule has 1 aromatic heterocycles. The van der Waals surface area contributed by atoms with Gasteiger partial charge in [-0.05, 0) is 30.3 Å². The van der Waals surface area contributed by atoms with Gasteiger partial charge in [0.1, 0.15) is 0 Å². The lowest BCUT2D eigenvalue weighted by Gasteiger charge is -2.06. The molecule has 0 aliphatic rings. The van der Waals surface area contributed by atoms with Crippen LogP contribution in [0.15, 0.2) is 48.7 Å². The molecule has 6 heteroatoms. The van der Waals surface area contributed by atoms with Crippen molar-refractivity contribution in [3.05, 3.63) is 59.4 Å². The minimum absolute atomic E-state index is 0.346. The summed E-state index contributed by atoms with van der Waals surface area (Å²) in [6.07, 6.45) is 2.25. The average Bonchev–Trinajstić information content (AvgIpc) is 2.48. The van der Waals surface area contributed by atoms with E-state index in [-0.39, 0.29) is 0 Å². The zero-order valence-corrected chi connectivity index (χ0v) is 11.9. The van der Waals surface area contributed by atoms with Crippen molar-refractivity contribution in [3.63, 3.8) is 0 Å². The largest absolute Gasteiger partial charge is 0.347 e. The van der Waals surface area contributed by atoms with Crippen LogP contribution < -0.4 is 10.6 Å². The van der Waals surface area contributed by atoms with Crippen LogP contribution in [-0.4, -0.2) is 23.3 Å². The number of carbonyl (C=O) groups is 2. The molecule has 0 saturated carbocycles. The zero-order valence-electron chi connectivity index (χ0n) is 11.2. The molecule has 0 radical (unpaired) electrons. The van der Waals surface area contributed by atoms with Gasteiger partial charge in [-0.25, -0.2) is 0 Å². The highest BCUT2D eigenvalue weighted by Gasteiger charge is 2.13. The van der Waals surface area contributed by atoms with E-state index in [9.17, 15) is 9.59 Å². The van der Waals surface area contributed by atoms with Gasteiger partial charge in [-0.1, -0.05) is 23.7 Å². The van der Waals surface area contributed by atoms with E-state index in [1.807, 2.05) is 18.2 Å². The van der Waals surface area contributed by atoms with Crippen LogP contribution in [0.25, 0.3) is 0 Å². The van der Waals surface area contributed by atoms with Crippen molar-refractivity contribution in [1.82, 2.24) is 10.3 Å². The summed E-state index contributed by atoms with van der Waals surface area (Å²) in [5.74, 6) is -1.41. The predicted molar refractivity (Wildman–Crippen MR) is 81.0 cm³/mol. The summed E-state index contributed by atoms with van der Waals surface area (Å²) in [4.78, 5) is 27.5. The van der Waals surface area contributed by atoms with Crippen LogP contribution >= 0.6 is 11.6 Å². The molecule has 5 nitrogen and oxygen atoms in total. The molecule has 0 aliphatic heterocycles. The molecule has 0 atom stereocenters. The Balaban J connectivity index is 1.79. The van der Waals surface area contributed by atoms with Crippen molar-refractivity contribution >= 4 is 29.1 Å². The fourth-order valence-electron chi connectivity index (χ4n) is 1.68. The van der Waals surface area contributed by atoms with Crippen molar-refractivity contribution in [3.8, 4) is 0 Å². The summed E-state index contributed by atoms with van der Waals surface area (Å²) < 4.78 is 0. The van der Waals surface area contributed by atoms with E-state index in [0.29, 0.717) is 23.7 Å². The van der Waals surface area contributed by atoms with Gasteiger partial charge in [0.25, 0.3) is 0 Å². The van der Waals surface area contributed by atoms with Crippen molar-refractivity contribution in [2.75, 3.05) is 11.9 Å². The van der Waals surface area contributed by atoms with E-state index in [1.54, 1.807) is 30.5 Å². The Morgan fingerprint density at radius 3 is 2.67 bits per heavy atom. The molecule has 2 N–H and O–H groups in total. The maximum absolute atomic E-state index is 11.7. The lowest BCUT2D eigenvalue weighted by molar-refractivity contribution is -0.136. The van der Waals surface area contributed by atoms with Gasteiger partial charge in [0, 0.05) is 35.6 Å². The first-order valence-electron chi connectivity index (χ1n) is 6.40. The van der Waals surface area contributed by atoms with Gasteiger partial charge < -0.3 is 10.6 Å². The monoisotopic (exact) mass is 303 g/mol. The zero-order chi connectivity index (χ0) is 15.1. The van der Waals surface area contributed by atoms with Gasteiger partial charge in [0.15, 0.2) is 0 Å². The fraction of sp³-hybridized carbons (Fsp3) is 0.133. The van der Waals surface area contributed by atoms with Crippen molar-refractivity contribution in [2.24, 2.45) is 0 Å². The number of hydrogen-bond donors (Lipinski definition) is 2. The number of carbonyl (C=O) groups excluding carboxylic acids is 2. The summed E-state index contributed by atoms with van der Waals surface area (Å²) >= 11 is 5.80. The quantitative estimate of drug-likeness (QED) is 0.849. The Morgan fingerprint density at radius 1 is 1.10 bits per heavy atom. The van der Waals surface area contributed by atoms with Crippen LogP contribution in [0.3, 0.4) is 0 Å². The van der Waals surface area contributed by atoms with Gasteiger partial charge >= 0.3 is 11.8 Å². The van der Waals surface area contributed by atoms with Gasteiger partial charge in [-0.15, -0.1) is 0 Å². The highest BCUT2D eigenvalue weighted by Crippen LogP contribution is 2.14. The van der Waals surface area contributed by atoms with Crippen molar-refractivity contribution in [1.29, 1.82) is 0 Å². The molecule has 0 aliphatic carbocycles. The summed E-state index contributed by atoms with van der Waals surface area (Å²) in [7, 11) is 0. The third kappa shape index (κ3) is 4.89. The molecule has 0 fully saturated rings. The van der Waals surface area contributed by atoms with Crippen molar-refractivity contribution in [2.45, 2.75) is 6.42 Å². The number of amides is 2. The number of aromatic nitrogens is 1. The van der Waals surface area contributed by atoms with Gasteiger partial charge in [0.2, 0.25) is 0 Å². The molecule has 1 aromatic carbocycles. The molecule has 2 rings (SSSR count). The van der Waals surface area contributed by atoms with E-state index in [1.165, 1.54) is 0 Å². The van der Waals surface area contributed by atoms with E-state index < -0.39 is 11.8 Å². The number of nitrogens with zero attached hydrogens (tertiary/aromatic N) is 1. The van der Waals surface area contributed by atoms with Gasteiger partial charge in [0.05, 0.1) is 0 Å². The van der Waals surface area contributed by atoms with Crippen LogP contribution in [0.4, 0.5) is 5.69 Å². The molecule has 2 amide bonds. The number of anilines is 1. The highest BCUT2D eigenvalue weighted by molar-refractivity contribution is 6.39. The van der Waals surface area contributed by atoms with Gasteiger partial charge in [-0.2, -0.15) is 0 Å². The molecule has 2 aromatic rings. The number of benzene rings is 1. The lowest BCUT2D eigenvalue weighted by Crippen LogP contribution is -2.36. The summed E-state index contributed by atoms with van der Waals surface area (Å²) in [5.41, 5.74) is 1.33. The van der Waals surface area contributed by atoms with Crippen LogP contribution in [0.5, 0.6) is 0 Å². The Bertz CT molecular complexity index is 632. The molecule has 1 heterocycles. The molecule has 0 bridgehead atoms. The topological polar surface area (TPSA) is 71.1 Å². The number of nitrogens with one attached hydrogen (secondary N) is 2. The maximum Gasteiger partial charge on any atom is 0.313 e. The lowest BCUT2D eigenvalue weighted by atomic mass is 10.2. The van der Waals surface area contributed by atoms with E-state index in [4.69, 9.17) is 11.6 Å². The SMILES string of the molecule is O=C(NCCc1ccccn1)C(=O)Nc1cccc(Cl)c1. The molecule has 0 spiro atoms. The summed E-state index contributed by atoms with van der Waals surface area (Å²) in [5, 5.41) is 5.51. The number of hydrogen-bond acceptors (Lipinski definition) is 3. The summed E-state index contributed by atoms with van der Waals surface area (Å²) in [6, 6.07) is 12.2. The first-order valence-corrected chi connectivity index (χ1v) is 6.77. The molecular formula is C15H14ClN3O2. The standard InChI is InChI=1S/C15H14ClN3O2/c16-11-4-3-6-13(10-11)19-15(21)14(20)18-9-7-12-5-1-2-8-17-12/h1-6,8,10H,7,9H2,(H,18,20)(H,19,21). The van der Waals surface area contributed by atoms with E-state index >= 15 is 0 Å². The Hall–Kier alpha value is -2.40. The van der Waals surface area contributed by atoms with Gasteiger partial charge in [-0.3, -0.25) is 14.6 Å². The molecule has 0 saturated heterocycles. The Labute approximate surface area is 127 Å². The first kappa shape index (κ1) is 15.0. The fourth-order valence-corrected chi connectivity index (χ4v) is 1.87. The van der Waals surface area contributed by atoms with Crippen LogP contribution in [-0.2, 0) is 16.0 Å². The average molecular weight is 304 g/mol. The first-order chi connectivity index (χ1) is 10.1. The second-order valence-corrected chi connectivity index (χ2v) is 4.73. The Morgan fingerprint density at radius 2 is 1.95 bits per heavy atom. The van der Waals surface area contributed by atoms with E-state index in [2.05, 4.69) is 15.6 Å². The minimum Gasteiger partial charge on any atom is -0.347 e. The number of rotatable bonds is 4. The molecule has 21 heavy (non-hydrogen) atoms. The highest BCUT2D eigenvalue weighted by atomic mass is 35.5. The maximum atomic E-state index is 11.7. The third-order valence-corrected chi connectivity index (χ3v) is 2.92. The minimum atomic E-state index is -0.724. The Kier molecular flexibility index (Phi) is 5.29. The predicted octanol–water partition coefficient (Wildman–Crippen LogP) is 2.03. The second kappa shape index (κ2) is 7.40. The van der Waals surface area contributed by atoms with Crippen LogP contribution in [0, 0.1) is 0 Å². The molecule has 108 valence electrons. The number of pyridine rings is 1. The third-order valence-electron chi connectivity index (χ3n) is 2.68. The summed E-state index contributed by atoms with van der Waals surface area (Å²) in [6.45, 7) is 0.346. The second-order valence-electron chi connectivity index (χ2n) is 4.29. The molecular weight excluding hydrogens is 290 g/mol. The smallest absolute Gasteiger partial charge is 0.313 e. The molecule has 0 unspecified atom stereocenters. The number of halogens is 1. The normalized spacial score (nSPS) is 9.95. The van der Waals surface area contributed by atoms with Crippen LogP contribution in [0.2, 0.25) is 5.02 Å². The van der Waals surface area contributed by atoms with E-state index in [0.717, 1.165) is 5.69 Å². The van der Waals surface area contributed by atoms with Crippen LogP contribution in [0.1, 0.15) is 5.69 Å². The van der Waals surface area contributed by atoms with Crippen molar-refractivity contribution < 1.29 is 9.59 Å².